The second-order valence-electron chi connectivity index (χ2n) is 4.02. The number of amides is 1. The van der Waals surface area contributed by atoms with Gasteiger partial charge in [-0.3, -0.25) is 9.59 Å². The van der Waals surface area contributed by atoms with E-state index in [1.165, 1.54) is 7.11 Å². The van der Waals surface area contributed by atoms with Crippen molar-refractivity contribution in [3.63, 3.8) is 0 Å². The minimum Gasteiger partial charge on any atom is -0.468 e. The largest absolute Gasteiger partial charge is 0.468 e. The molecule has 0 spiro atoms. The Labute approximate surface area is 106 Å². The lowest BCUT2D eigenvalue weighted by Gasteiger charge is -2.16. The molecule has 5 nitrogen and oxygen atoms in total. The SMILES string of the molecule is COC(=O)C(CNC(=O)[C@@H](C)N)c1ccccc1. The number of hydrogen-bond acceptors (Lipinski definition) is 4. The van der Waals surface area contributed by atoms with Crippen molar-refractivity contribution in [2.45, 2.75) is 18.9 Å². The van der Waals surface area contributed by atoms with E-state index in [2.05, 4.69) is 5.32 Å². The number of benzene rings is 1. The monoisotopic (exact) mass is 250 g/mol. The second kappa shape index (κ2) is 6.76. The molecule has 18 heavy (non-hydrogen) atoms. The molecule has 0 radical (unpaired) electrons. The minimum absolute atomic E-state index is 0.178. The molecule has 98 valence electrons. The highest BCUT2D eigenvalue weighted by atomic mass is 16.5. The summed E-state index contributed by atoms with van der Waals surface area (Å²) in [6, 6.07) is 8.56. The van der Waals surface area contributed by atoms with Gasteiger partial charge >= 0.3 is 5.97 Å². The zero-order valence-electron chi connectivity index (χ0n) is 10.6. The quantitative estimate of drug-likeness (QED) is 0.741. The number of nitrogens with two attached hydrogens (primary N) is 1. The van der Waals surface area contributed by atoms with Crippen LogP contribution in [0.4, 0.5) is 0 Å². The predicted molar refractivity (Wildman–Crippen MR) is 67.9 cm³/mol. The average molecular weight is 250 g/mol. The van der Waals surface area contributed by atoms with Gasteiger partial charge in [-0.25, -0.2) is 0 Å². The van der Waals surface area contributed by atoms with E-state index in [9.17, 15) is 9.59 Å². The maximum absolute atomic E-state index is 11.7. The summed E-state index contributed by atoms with van der Waals surface area (Å²) in [6.07, 6.45) is 0. The molecule has 0 aliphatic heterocycles. The van der Waals surface area contributed by atoms with Gasteiger partial charge < -0.3 is 15.8 Å². The molecule has 1 rings (SSSR count). The third-order valence-electron chi connectivity index (χ3n) is 2.58. The summed E-state index contributed by atoms with van der Waals surface area (Å²) in [5, 5.41) is 2.63. The number of carbonyl (C=O) groups excluding carboxylic acids is 2. The summed E-state index contributed by atoms with van der Waals surface area (Å²) in [5.74, 6) is -1.19. The Morgan fingerprint density at radius 2 is 1.94 bits per heavy atom. The molecular weight excluding hydrogens is 232 g/mol. The van der Waals surface area contributed by atoms with Crippen LogP contribution in [0.1, 0.15) is 18.4 Å². The van der Waals surface area contributed by atoms with Crippen LogP contribution in [-0.4, -0.2) is 31.6 Å². The van der Waals surface area contributed by atoms with Gasteiger partial charge in [-0.15, -0.1) is 0 Å². The number of esters is 1. The van der Waals surface area contributed by atoms with Gasteiger partial charge in [0.15, 0.2) is 0 Å². The van der Waals surface area contributed by atoms with Gasteiger partial charge in [0.1, 0.15) is 0 Å². The van der Waals surface area contributed by atoms with Crippen LogP contribution in [0, 0.1) is 0 Å². The van der Waals surface area contributed by atoms with Gasteiger partial charge in [-0.05, 0) is 12.5 Å². The smallest absolute Gasteiger partial charge is 0.314 e. The average Bonchev–Trinajstić information content (AvgIpc) is 2.39. The van der Waals surface area contributed by atoms with Crippen molar-refractivity contribution < 1.29 is 14.3 Å². The zero-order valence-corrected chi connectivity index (χ0v) is 10.6. The maximum atomic E-state index is 11.7. The van der Waals surface area contributed by atoms with Gasteiger partial charge in [0, 0.05) is 6.54 Å². The Kier molecular flexibility index (Phi) is 5.32. The molecule has 0 saturated carbocycles. The lowest BCUT2D eigenvalue weighted by molar-refractivity contribution is -0.142. The Morgan fingerprint density at radius 1 is 1.33 bits per heavy atom. The van der Waals surface area contributed by atoms with Crippen molar-refractivity contribution in [2.75, 3.05) is 13.7 Å². The lowest BCUT2D eigenvalue weighted by Crippen LogP contribution is -2.41. The number of nitrogens with one attached hydrogen (secondary N) is 1. The van der Waals surface area contributed by atoms with Crippen LogP contribution in [-0.2, 0) is 14.3 Å². The van der Waals surface area contributed by atoms with E-state index >= 15 is 0 Å². The summed E-state index contributed by atoms with van der Waals surface area (Å²) in [4.78, 5) is 23.1. The van der Waals surface area contributed by atoms with E-state index in [1.807, 2.05) is 30.3 Å². The highest BCUT2D eigenvalue weighted by Crippen LogP contribution is 2.16. The normalized spacial score (nSPS) is 13.5. The number of ether oxygens (including phenoxy) is 1. The molecule has 0 bridgehead atoms. The molecule has 2 atom stereocenters. The summed E-state index contributed by atoms with van der Waals surface area (Å²) >= 11 is 0. The van der Waals surface area contributed by atoms with Gasteiger partial charge in [0.2, 0.25) is 5.91 Å². The molecule has 0 heterocycles. The number of hydrogen-bond donors (Lipinski definition) is 2. The summed E-state index contributed by atoms with van der Waals surface area (Å²) < 4.78 is 4.74. The van der Waals surface area contributed by atoms with Crippen LogP contribution in [0.25, 0.3) is 0 Å². The predicted octanol–water partition coefficient (Wildman–Crippen LogP) is 0.407. The van der Waals surface area contributed by atoms with Crippen molar-refractivity contribution >= 4 is 11.9 Å². The summed E-state index contributed by atoms with van der Waals surface area (Å²) in [7, 11) is 1.33. The lowest BCUT2D eigenvalue weighted by atomic mass is 9.99. The van der Waals surface area contributed by atoms with Gasteiger partial charge in [0.25, 0.3) is 0 Å². The van der Waals surface area contributed by atoms with E-state index in [-0.39, 0.29) is 18.4 Å². The standard InChI is InChI=1S/C13H18N2O3/c1-9(14)12(16)15-8-11(13(17)18-2)10-6-4-3-5-7-10/h3-7,9,11H,8,14H2,1-2H3,(H,15,16)/t9-,11?/m1/s1. The Morgan fingerprint density at radius 3 is 2.44 bits per heavy atom. The van der Waals surface area contributed by atoms with E-state index in [0.29, 0.717) is 0 Å². The molecule has 1 unspecified atom stereocenters. The number of rotatable bonds is 5. The molecule has 0 fully saturated rings. The molecule has 0 aromatic heterocycles. The molecule has 5 heteroatoms. The fourth-order valence-corrected chi connectivity index (χ4v) is 1.53. The van der Waals surface area contributed by atoms with Crippen LogP contribution in [0.5, 0.6) is 0 Å². The van der Waals surface area contributed by atoms with Crippen LogP contribution in [0.3, 0.4) is 0 Å². The Bertz CT molecular complexity index is 404. The first-order chi connectivity index (χ1) is 8.56. The highest BCUT2D eigenvalue weighted by molar-refractivity contribution is 5.83. The van der Waals surface area contributed by atoms with Crippen LogP contribution in [0.2, 0.25) is 0 Å². The first-order valence-electron chi connectivity index (χ1n) is 5.72. The zero-order chi connectivity index (χ0) is 13.5. The molecule has 1 amide bonds. The molecule has 0 saturated heterocycles. The Balaban J connectivity index is 2.75. The maximum Gasteiger partial charge on any atom is 0.314 e. The second-order valence-corrected chi connectivity index (χ2v) is 4.02. The van der Waals surface area contributed by atoms with Crippen LogP contribution < -0.4 is 11.1 Å². The van der Waals surface area contributed by atoms with Gasteiger partial charge in [-0.1, -0.05) is 30.3 Å². The molecule has 3 N–H and O–H groups in total. The first kappa shape index (κ1) is 14.2. The summed E-state index contributed by atoms with van der Waals surface area (Å²) in [5.41, 5.74) is 6.24. The molecule has 0 aliphatic carbocycles. The van der Waals surface area contributed by atoms with E-state index in [0.717, 1.165) is 5.56 Å². The van der Waals surface area contributed by atoms with E-state index in [4.69, 9.17) is 10.5 Å². The third kappa shape index (κ3) is 3.85. The van der Waals surface area contributed by atoms with E-state index < -0.39 is 12.0 Å². The fourth-order valence-electron chi connectivity index (χ4n) is 1.53. The third-order valence-corrected chi connectivity index (χ3v) is 2.58. The number of carbonyl (C=O) groups is 2. The number of methoxy groups -OCH3 is 1. The van der Waals surface area contributed by atoms with Gasteiger partial charge in [0.05, 0.1) is 19.1 Å². The van der Waals surface area contributed by atoms with Crippen molar-refractivity contribution in [2.24, 2.45) is 5.73 Å². The molecule has 1 aromatic carbocycles. The van der Waals surface area contributed by atoms with Gasteiger partial charge in [-0.2, -0.15) is 0 Å². The van der Waals surface area contributed by atoms with E-state index in [1.54, 1.807) is 6.92 Å². The topological polar surface area (TPSA) is 81.4 Å². The summed E-state index contributed by atoms with van der Waals surface area (Å²) in [6.45, 7) is 1.77. The van der Waals surface area contributed by atoms with Crippen molar-refractivity contribution in [1.29, 1.82) is 0 Å². The minimum atomic E-state index is -0.598. The molecule has 0 aliphatic rings. The fraction of sp³-hybridized carbons (Fsp3) is 0.385. The first-order valence-corrected chi connectivity index (χ1v) is 5.72. The van der Waals surface area contributed by atoms with Crippen molar-refractivity contribution in [3.8, 4) is 0 Å². The highest BCUT2D eigenvalue weighted by Gasteiger charge is 2.22. The van der Waals surface area contributed by atoms with Crippen molar-refractivity contribution in [3.05, 3.63) is 35.9 Å². The van der Waals surface area contributed by atoms with Crippen LogP contribution in [0.15, 0.2) is 30.3 Å². The molecular formula is C13H18N2O3. The van der Waals surface area contributed by atoms with Crippen LogP contribution >= 0.6 is 0 Å². The Hall–Kier alpha value is -1.88. The molecule has 1 aromatic rings. The van der Waals surface area contributed by atoms with Crippen molar-refractivity contribution in [1.82, 2.24) is 5.32 Å².